The average Bonchev–Trinajstić information content (AvgIpc) is 2.79. The van der Waals surface area contributed by atoms with Crippen LogP contribution in [-0.2, 0) is 0 Å². The Hall–Kier alpha value is -2.75. The molecule has 106 valence electrons. The molecule has 0 saturated carbocycles. The number of hydrogen-bond acceptors (Lipinski definition) is 2. The summed E-state index contributed by atoms with van der Waals surface area (Å²) in [6.07, 6.45) is 0. The van der Waals surface area contributed by atoms with E-state index in [1.165, 1.54) is 6.07 Å². The SMILES string of the molecule is Cc1ccc2[nH]c(C(=O)Nc3ccccc3O)c(C)c2c1. The van der Waals surface area contributed by atoms with E-state index in [9.17, 15) is 9.90 Å². The number of H-pyrrole nitrogens is 1. The van der Waals surface area contributed by atoms with E-state index < -0.39 is 0 Å². The number of aromatic hydroxyl groups is 1. The molecular formula is C17H16N2O2. The van der Waals surface area contributed by atoms with E-state index in [0.29, 0.717) is 11.4 Å². The number of aromatic amines is 1. The highest BCUT2D eigenvalue weighted by atomic mass is 16.3. The molecule has 0 aliphatic carbocycles. The highest BCUT2D eigenvalue weighted by molar-refractivity contribution is 6.08. The van der Waals surface area contributed by atoms with Crippen molar-refractivity contribution in [3.63, 3.8) is 0 Å². The van der Waals surface area contributed by atoms with Crippen molar-refractivity contribution < 1.29 is 9.90 Å². The van der Waals surface area contributed by atoms with Gasteiger partial charge in [-0.1, -0.05) is 23.8 Å². The number of para-hydroxylation sites is 2. The number of amides is 1. The molecular weight excluding hydrogens is 264 g/mol. The lowest BCUT2D eigenvalue weighted by Crippen LogP contribution is -2.13. The number of aryl methyl sites for hydroxylation is 2. The third-order valence-corrected chi connectivity index (χ3v) is 3.59. The topological polar surface area (TPSA) is 65.1 Å². The van der Waals surface area contributed by atoms with Gasteiger partial charge in [0.2, 0.25) is 0 Å². The fourth-order valence-electron chi connectivity index (χ4n) is 2.43. The van der Waals surface area contributed by atoms with Crippen LogP contribution in [-0.4, -0.2) is 16.0 Å². The van der Waals surface area contributed by atoms with Gasteiger partial charge in [0.05, 0.1) is 5.69 Å². The lowest BCUT2D eigenvalue weighted by atomic mass is 10.1. The zero-order valence-electron chi connectivity index (χ0n) is 11.9. The maximum atomic E-state index is 12.4. The zero-order chi connectivity index (χ0) is 15.0. The smallest absolute Gasteiger partial charge is 0.272 e. The normalized spacial score (nSPS) is 10.8. The molecule has 0 unspecified atom stereocenters. The number of rotatable bonds is 2. The highest BCUT2D eigenvalue weighted by Crippen LogP contribution is 2.26. The second kappa shape index (κ2) is 4.98. The van der Waals surface area contributed by atoms with Crippen molar-refractivity contribution in [1.29, 1.82) is 0 Å². The van der Waals surface area contributed by atoms with Crippen molar-refractivity contribution in [1.82, 2.24) is 4.98 Å². The predicted molar refractivity (Wildman–Crippen MR) is 83.8 cm³/mol. The Morgan fingerprint density at radius 2 is 1.90 bits per heavy atom. The molecule has 2 aromatic carbocycles. The number of benzene rings is 2. The van der Waals surface area contributed by atoms with Crippen molar-refractivity contribution in [3.8, 4) is 5.75 Å². The van der Waals surface area contributed by atoms with Crippen LogP contribution in [0.4, 0.5) is 5.69 Å². The molecule has 0 atom stereocenters. The minimum atomic E-state index is -0.261. The minimum absolute atomic E-state index is 0.0514. The first kappa shape index (κ1) is 13.2. The standard InChI is InChI=1S/C17H16N2O2/c1-10-7-8-13-12(9-10)11(2)16(18-13)17(21)19-14-5-3-4-6-15(14)20/h3-9,18,20H,1-2H3,(H,19,21). The Balaban J connectivity index is 1.99. The molecule has 4 heteroatoms. The van der Waals surface area contributed by atoms with E-state index in [1.807, 2.05) is 26.0 Å². The van der Waals surface area contributed by atoms with Crippen LogP contribution in [0.5, 0.6) is 5.75 Å². The molecule has 3 aromatic rings. The summed E-state index contributed by atoms with van der Waals surface area (Å²) in [7, 11) is 0. The Labute approximate surface area is 122 Å². The van der Waals surface area contributed by atoms with E-state index in [0.717, 1.165) is 22.0 Å². The fraction of sp³-hybridized carbons (Fsp3) is 0.118. The monoisotopic (exact) mass is 280 g/mol. The molecule has 4 nitrogen and oxygen atoms in total. The number of anilines is 1. The van der Waals surface area contributed by atoms with Gasteiger partial charge in [-0.2, -0.15) is 0 Å². The van der Waals surface area contributed by atoms with E-state index in [2.05, 4.69) is 16.4 Å². The number of nitrogens with one attached hydrogen (secondary N) is 2. The predicted octanol–water partition coefficient (Wildman–Crippen LogP) is 3.74. The largest absolute Gasteiger partial charge is 0.506 e. The lowest BCUT2D eigenvalue weighted by Gasteiger charge is -2.06. The zero-order valence-corrected chi connectivity index (χ0v) is 11.9. The minimum Gasteiger partial charge on any atom is -0.506 e. The summed E-state index contributed by atoms with van der Waals surface area (Å²) >= 11 is 0. The third kappa shape index (κ3) is 2.36. The van der Waals surface area contributed by atoms with Crippen molar-refractivity contribution >= 4 is 22.5 Å². The van der Waals surface area contributed by atoms with Gasteiger partial charge in [0, 0.05) is 10.9 Å². The molecule has 0 aliphatic heterocycles. The van der Waals surface area contributed by atoms with Crippen LogP contribution < -0.4 is 5.32 Å². The molecule has 21 heavy (non-hydrogen) atoms. The van der Waals surface area contributed by atoms with Gasteiger partial charge in [0.1, 0.15) is 11.4 Å². The van der Waals surface area contributed by atoms with Crippen LogP contribution in [0.15, 0.2) is 42.5 Å². The molecule has 1 amide bonds. The van der Waals surface area contributed by atoms with Crippen molar-refractivity contribution in [2.45, 2.75) is 13.8 Å². The highest BCUT2D eigenvalue weighted by Gasteiger charge is 2.15. The lowest BCUT2D eigenvalue weighted by molar-refractivity contribution is 0.102. The summed E-state index contributed by atoms with van der Waals surface area (Å²) in [5.41, 5.74) is 3.90. The fourth-order valence-corrected chi connectivity index (χ4v) is 2.43. The first-order valence-corrected chi connectivity index (χ1v) is 6.74. The van der Waals surface area contributed by atoms with Crippen LogP contribution >= 0.6 is 0 Å². The molecule has 0 bridgehead atoms. The third-order valence-electron chi connectivity index (χ3n) is 3.59. The molecule has 1 aromatic heterocycles. The van der Waals surface area contributed by atoms with E-state index in [4.69, 9.17) is 0 Å². The second-order valence-corrected chi connectivity index (χ2v) is 5.15. The molecule has 1 heterocycles. The van der Waals surface area contributed by atoms with Crippen LogP contribution in [0.25, 0.3) is 10.9 Å². The van der Waals surface area contributed by atoms with Gasteiger partial charge in [-0.15, -0.1) is 0 Å². The Bertz CT molecular complexity index is 834. The Morgan fingerprint density at radius 1 is 1.14 bits per heavy atom. The Morgan fingerprint density at radius 3 is 2.67 bits per heavy atom. The molecule has 0 radical (unpaired) electrons. The van der Waals surface area contributed by atoms with Crippen molar-refractivity contribution in [2.75, 3.05) is 5.32 Å². The van der Waals surface area contributed by atoms with Gasteiger partial charge in [0.15, 0.2) is 0 Å². The summed E-state index contributed by atoms with van der Waals surface area (Å²) in [5, 5.41) is 13.5. The molecule has 0 fully saturated rings. The van der Waals surface area contributed by atoms with Crippen LogP contribution in [0.2, 0.25) is 0 Å². The van der Waals surface area contributed by atoms with Gasteiger partial charge in [-0.05, 0) is 43.7 Å². The van der Waals surface area contributed by atoms with Crippen molar-refractivity contribution in [2.24, 2.45) is 0 Å². The molecule has 0 aliphatic rings. The van der Waals surface area contributed by atoms with Gasteiger partial charge >= 0.3 is 0 Å². The Kier molecular flexibility index (Phi) is 3.14. The number of phenolic OH excluding ortho intramolecular Hbond substituents is 1. The van der Waals surface area contributed by atoms with Gasteiger partial charge in [-0.3, -0.25) is 4.79 Å². The number of aromatic nitrogens is 1. The van der Waals surface area contributed by atoms with Crippen LogP contribution in [0, 0.1) is 13.8 Å². The maximum absolute atomic E-state index is 12.4. The van der Waals surface area contributed by atoms with E-state index in [1.54, 1.807) is 18.2 Å². The maximum Gasteiger partial charge on any atom is 0.272 e. The summed E-state index contributed by atoms with van der Waals surface area (Å²) in [5.74, 6) is -0.210. The second-order valence-electron chi connectivity index (χ2n) is 5.15. The number of hydrogen-bond donors (Lipinski definition) is 3. The number of fused-ring (bicyclic) bond motifs is 1. The molecule has 3 N–H and O–H groups in total. The van der Waals surface area contributed by atoms with E-state index >= 15 is 0 Å². The first-order chi connectivity index (χ1) is 10.1. The summed E-state index contributed by atoms with van der Waals surface area (Å²) < 4.78 is 0. The number of carbonyl (C=O) groups excluding carboxylic acids is 1. The van der Waals surface area contributed by atoms with Gasteiger partial charge in [-0.25, -0.2) is 0 Å². The molecule has 3 rings (SSSR count). The summed E-state index contributed by atoms with van der Waals surface area (Å²) in [4.78, 5) is 15.5. The van der Waals surface area contributed by atoms with Crippen LogP contribution in [0.1, 0.15) is 21.6 Å². The molecule has 0 saturated heterocycles. The quantitative estimate of drug-likeness (QED) is 0.626. The van der Waals surface area contributed by atoms with Crippen LogP contribution in [0.3, 0.4) is 0 Å². The van der Waals surface area contributed by atoms with Gasteiger partial charge in [0.25, 0.3) is 5.91 Å². The first-order valence-electron chi connectivity index (χ1n) is 6.74. The number of phenols is 1. The summed E-state index contributed by atoms with van der Waals surface area (Å²) in [6.45, 7) is 3.94. The van der Waals surface area contributed by atoms with Gasteiger partial charge < -0.3 is 15.4 Å². The summed E-state index contributed by atoms with van der Waals surface area (Å²) in [6, 6.07) is 12.7. The molecule has 0 spiro atoms. The average molecular weight is 280 g/mol. The van der Waals surface area contributed by atoms with Crippen molar-refractivity contribution in [3.05, 3.63) is 59.3 Å². The van der Waals surface area contributed by atoms with E-state index in [-0.39, 0.29) is 11.7 Å². The number of carbonyl (C=O) groups is 1.